The van der Waals surface area contributed by atoms with E-state index in [0.29, 0.717) is 18.1 Å². The van der Waals surface area contributed by atoms with Crippen molar-refractivity contribution >= 4 is 11.0 Å². The van der Waals surface area contributed by atoms with Crippen molar-refractivity contribution in [2.45, 2.75) is 13.0 Å². The van der Waals surface area contributed by atoms with Crippen LogP contribution in [0.25, 0.3) is 11.0 Å². The Kier molecular flexibility index (Phi) is 2.34. The van der Waals surface area contributed by atoms with E-state index in [1.54, 1.807) is 0 Å². The van der Waals surface area contributed by atoms with E-state index in [-0.39, 0.29) is 6.54 Å². The zero-order chi connectivity index (χ0) is 11.7. The van der Waals surface area contributed by atoms with E-state index >= 15 is 0 Å². The topological polar surface area (TPSA) is 91.0 Å². The highest BCUT2D eigenvalue weighted by Gasteiger charge is 2.12. The number of hydrogen-bond donors (Lipinski definition) is 1. The van der Waals surface area contributed by atoms with Gasteiger partial charge in [0.1, 0.15) is 5.69 Å². The molecule has 86 valence electrons. The lowest BCUT2D eigenvalue weighted by Gasteiger charge is -1.89. The summed E-state index contributed by atoms with van der Waals surface area (Å²) < 4.78 is 10.2. The molecule has 2 N–H and O–H groups in total. The van der Waals surface area contributed by atoms with Crippen LogP contribution in [0.3, 0.4) is 0 Å². The maximum atomic E-state index is 5.41. The Bertz CT molecular complexity index is 644. The first-order valence-corrected chi connectivity index (χ1v) is 5.21. The number of nitrogens with zero attached hydrogens (tertiary/aromatic N) is 3. The number of benzene rings is 1. The highest BCUT2D eigenvalue weighted by Crippen LogP contribution is 2.19. The van der Waals surface area contributed by atoms with E-state index in [2.05, 4.69) is 15.3 Å². The minimum Gasteiger partial charge on any atom is -0.356 e. The van der Waals surface area contributed by atoms with Gasteiger partial charge >= 0.3 is 0 Å². The van der Waals surface area contributed by atoms with Gasteiger partial charge in [-0.05, 0) is 12.1 Å². The van der Waals surface area contributed by atoms with Gasteiger partial charge in [-0.15, -0.1) is 0 Å². The van der Waals surface area contributed by atoms with Crippen molar-refractivity contribution in [2.24, 2.45) is 5.73 Å². The fourth-order valence-corrected chi connectivity index (χ4v) is 1.65. The number of rotatable bonds is 3. The molecule has 0 bridgehead atoms. The second-order valence-corrected chi connectivity index (χ2v) is 3.61. The van der Waals surface area contributed by atoms with Crippen molar-refractivity contribution < 1.29 is 9.05 Å². The Morgan fingerprint density at radius 2 is 2.00 bits per heavy atom. The zero-order valence-electron chi connectivity index (χ0n) is 8.96. The van der Waals surface area contributed by atoms with E-state index in [0.717, 1.165) is 16.7 Å². The number of nitrogens with two attached hydrogens (primary N) is 1. The molecular formula is C11H10N4O2. The van der Waals surface area contributed by atoms with Crippen LogP contribution < -0.4 is 5.73 Å². The van der Waals surface area contributed by atoms with E-state index < -0.39 is 0 Å². The fourth-order valence-electron chi connectivity index (χ4n) is 1.65. The lowest BCUT2D eigenvalue weighted by molar-refractivity contribution is 0.375. The standard InChI is InChI=1S/C11H10N4O2/c12-6-10-13-11(17-15-10)5-8-7-3-1-2-4-9(7)16-14-8/h1-4H,5-6,12H2. The van der Waals surface area contributed by atoms with Gasteiger partial charge in [-0.1, -0.05) is 22.4 Å². The van der Waals surface area contributed by atoms with Crippen molar-refractivity contribution in [1.82, 2.24) is 15.3 Å². The maximum absolute atomic E-state index is 5.41. The van der Waals surface area contributed by atoms with Crippen LogP contribution in [0.1, 0.15) is 17.4 Å². The molecule has 3 rings (SSSR count). The predicted molar refractivity (Wildman–Crippen MR) is 59.0 cm³/mol. The van der Waals surface area contributed by atoms with Crippen molar-refractivity contribution in [2.75, 3.05) is 0 Å². The second-order valence-electron chi connectivity index (χ2n) is 3.61. The molecule has 0 atom stereocenters. The van der Waals surface area contributed by atoms with Gasteiger partial charge in [0.05, 0.1) is 13.0 Å². The summed E-state index contributed by atoms with van der Waals surface area (Å²) in [5.74, 6) is 0.984. The minimum atomic E-state index is 0.267. The average Bonchev–Trinajstić information content (AvgIpc) is 2.97. The van der Waals surface area contributed by atoms with Gasteiger partial charge in [-0.3, -0.25) is 0 Å². The van der Waals surface area contributed by atoms with E-state index in [1.165, 1.54) is 0 Å². The number of para-hydroxylation sites is 1. The predicted octanol–water partition coefficient (Wildman–Crippen LogP) is 1.26. The highest BCUT2D eigenvalue weighted by atomic mass is 16.5. The van der Waals surface area contributed by atoms with Crippen LogP contribution in [-0.2, 0) is 13.0 Å². The first-order valence-electron chi connectivity index (χ1n) is 5.21. The SMILES string of the molecule is NCc1noc(Cc2noc3ccccc23)n1. The van der Waals surface area contributed by atoms with Gasteiger partial charge in [0.2, 0.25) is 5.89 Å². The largest absolute Gasteiger partial charge is 0.356 e. The Morgan fingerprint density at radius 3 is 2.82 bits per heavy atom. The van der Waals surface area contributed by atoms with E-state index in [9.17, 15) is 0 Å². The molecule has 0 radical (unpaired) electrons. The molecule has 0 spiro atoms. The Labute approximate surface area is 96.4 Å². The summed E-state index contributed by atoms with van der Waals surface area (Å²) in [6.45, 7) is 0.267. The molecule has 17 heavy (non-hydrogen) atoms. The molecule has 1 aromatic carbocycles. The highest BCUT2D eigenvalue weighted by molar-refractivity contribution is 5.79. The van der Waals surface area contributed by atoms with Gasteiger partial charge in [0, 0.05) is 5.39 Å². The summed E-state index contributed by atoms with van der Waals surface area (Å²) in [7, 11) is 0. The molecule has 6 heteroatoms. The summed E-state index contributed by atoms with van der Waals surface area (Å²) in [4.78, 5) is 4.13. The molecule has 0 aliphatic rings. The van der Waals surface area contributed by atoms with Crippen LogP contribution in [0.4, 0.5) is 0 Å². The molecule has 0 amide bonds. The molecule has 0 fully saturated rings. The average molecular weight is 230 g/mol. The smallest absolute Gasteiger partial charge is 0.232 e. The normalized spacial score (nSPS) is 11.1. The quantitative estimate of drug-likeness (QED) is 0.728. The number of hydrogen-bond acceptors (Lipinski definition) is 6. The molecule has 3 aromatic rings. The molecule has 0 aliphatic carbocycles. The molecule has 2 heterocycles. The van der Waals surface area contributed by atoms with E-state index in [1.807, 2.05) is 24.3 Å². The van der Waals surface area contributed by atoms with Crippen LogP contribution in [0, 0.1) is 0 Å². The number of fused-ring (bicyclic) bond motifs is 1. The van der Waals surface area contributed by atoms with Gasteiger partial charge in [0.15, 0.2) is 11.4 Å². The summed E-state index contributed by atoms with van der Waals surface area (Å²) >= 11 is 0. The second kappa shape index (κ2) is 3.99. The fraction of sp³-hybridized carbons (Fsp3) is 0.182. The van der Waals surface area contributed by atoms with Gasteiger partial charge < -0.3 is 14.8 Å². The molecule has 2 aromatic heterocycles. The molecule has 0 unspecified atom stereocenters. The first-order chi connectivity index (χ1) is 8.36. The zero-order valence-corrected chi connectivity index (χ0v) is 8.96. The lowest BCUT2D eigenvalue weighted by Crippen LogP contribution is -1.98. The number of aromatic nitrogens is 3. The third kappa shape index (κ3) is 1.78. The van der Waals surface area contributed by atoms with Gasteiger partial charge in [-0.25, -0.2) is 0 Å². The van der Waals surface area contributed by atoms with Crippen molar-refractivity contribution in [3.63, 3.8) is 0 Å². The van der Waals surface area contributed by atoms with Crippen LogP contribution in [0.5, 0.6) is 0 Å². The summed E-state index contributed by atoms with van der Waals surface area (Å²) in [5, 5.41) is 8.68. The van der Waals surface area contributed by atoms with Crippen LogP contribution in [-0.4, -0.2) is 15.3 Å². The monoisotopic (exact) mass is 230 g/mol. The van der Waals surface area contributed by atoms with Crippen molar-refractivity contribution in [3.8, 4) is 0 Å². The van der Waals surface area contributed by atoms with E-state index in [4.69, 9.17) is 14.8 Å². The van der Waals surface area contributed by atoms with Crippen LogP contribution in [0.15, 0.2) is 33.3 Å². The molecule has 0 aliphatic heterocycles. The van der Waals surface area contributed by atoms with Gasteiger partial charge in [-0.2, -0.15) is 4.98 Å². The van der Waals surface area contributed by atoms with Crippen LogP contribution >= 0.6 is 0 Å². The van der Waals surface area contributed by atoms with Crippen molar-refractivity contribution in [3.05, 3.63) is 41.7 Å². The minimum absolute atomic E-state index is 0.267. The molecule has 0 saturated carbocycles. The molecule has 6 nitrogen and oxygen atoms in total. The Hall–Kier alpha value is -2.21. The van der Waals surface area contributed by atoms with Crippen molar-refractivity contribution in [1.29, 1.82) is 0 Å². The Balaban J connectivity index is 1.94. The maximum Gasteiger partial charge on any atom is 0.232 e. The summed E-state index contributed by atoms with van der Waals surface area (Å²) in [6, 6.07) is 7.64. The summed E-state index contributed by atoms with van der Waals surface area (Å²) in [5.41, 5.74) is 6.94. The summed E-state index contributed by atoms with van der Waals surface area (Å²) in [6.07, 6.45) is 0.448. The molecule has 0 saturated heterocycles. The lowest BCUT2D eigenvalue weighted by atomic mass is 10.2. The third-order valence-electron chi connectivity index (χ3n) is 2.46. The van der Waals surface area contributed by atoms with Crippen LogP contribution in [0.2, 0.25) is 0 Å². The third-order valence-corrected chi connectivity index (χ3v) is 2.46. The molecular weight excluding hydrogens is 220 g/mol. The first kappa shape index (κ1) is 9.98. The Morgan fingerprint density at radius 1 is 1.12 bits per heavy atom. The van der Waals surface area contributed by atoms with Gasteiger partial charge in [0.25, 0.3) is 0 Å².